The molecule has 0 radical (unpaired) electrons. The van der Waals surface area contributed by atoms with E-state index in [4.69, 9.17) is 5.11 Å². The number of carboxylic acids is 1. The lowest BCUT2D eigenvalue weighted by Crippen LogP contribution is -2.12. The Morgan fingerprint density at radius 1 is 1.56 bits per heavy atom. The normalized spacial score (nSPS) is 12.4. The van der Waals surface area contributed by atoms with E-state index in [1.165, 1.54) is 12.1 Å². The van der Waals surface area contributed by atoms with Crippen LogP contribution in [0.2, 0.25) is 0 Å². The molecule has 4 heteroatoms. The molecule has 0 bridgehead atoms. The molecule has 0 amide bonds. The first-order chi connectivity index (χ1) is 7.65. The maximum Gasteiger partial charge on any atom is 0.311 e. The summed E-state index contributed by atoms with van der Waals surface area (Å²) in [5, 5.41) is 9.09. The number of halogens is 1. The summed E-state index contributed by atoms with van der Waals surface area (Å²) in [7, 11) is 0. The van der Waals surface area contributed by atoms with Crippen molar-refractivity contribution in [3.63, 3.8) is 0 Å². The van der Waals surface area contributed by atoms with Crippen molar-refractivity contribution in [3.05, 3.63) is 35.6 Å². The smallest absolute Gasteiger partial charge is 0.311 e. The first kappa shape index (κ1) is 13.0. The van der Waals surface area contributed by atoms with Crippen LogP contribution in [0.5, 0.6) is 0 Å². The molecule has 1 aromatic rings. The predicted molar refractivity (Wildman–Crippen MR) is 64.4 cm³/mol. The molecular weight excluding hydrogens is 227 g/mol. The van der Waals surface area contributed by atoms with Crippen LogP contribution in [0.25, 0.3) is 0 Å². The lowest BCUT2D eigenvalue weighted by Gasteiger charge is -2.12. The minimum absolute atomic E-state index is 0.383. The van der Waals surface area contributed by atoms with Gasteiger partial charge in [-0.1, -0.05) is 19.1 Å². The maximum atomic E-state index is 13.0. The summed E-state index contributed by atoms with van der Waals surface area (Å²) >= 11 is 1.70. The topological polar surface area (TPSA) is 37.3 Å². The van der Waals surface area contributed by atoms with Crippen LogP contribution >= 0.6 is 11.8 Å². The molecule has 88 valence electrons. The quantitative estimate of drug-likeness (QED) is 0.779. The van der Waals surface area contributed by atoms with Gasteiger partial charge in [-0.05, 0) is 35.6 Å². The number of carboxylic acid groups (broad SMARTS) is 1. The molecule has 2 nitrogen and oxygen atoms in total. The number of hydrogen-bond acceptors (Lipinski definition) is 2. The highest BCUT2D eigenvalue weighted by Gasteiger charge is 2.19. The van der Waals surface area contributed by atoms with E-state index in [0.717, 1.165) is 11.5 Å². The summed E-state index contributed by atoms with van der Waals surface area (Å²) in [6.45, 7) is 2.03. The molecule has 1 atom stereocenters. The van der Waals surface area contributed by atoms with Crippen molar-refractivity contribution in [3.8, 4) is 0 Å². The van der Waals surface area contributed by atoms with Crippen molar-refractivity contribution < 1.29 is 14.3 Å². The van der Waals surface area contributed by atoms with Gasteiger partial charge in [0.15, 0.2) is 0 Å². The molecule has 0 heterocycles. The lowest BCUT2D eigenvalue weighted by molar-refractivity contribution is -0.138. The molecule has 0 aromatic heterocycles. The number of thioether (sulfide) groups is 1. The highest BCUT2D eigenvalue weighted by Crippen LogP contribution is 2.22. The van der Waals surface area contributed by atoms with Gasteiger partial charge < -0.3 is 5.11 Å². The third kappa shape index (κ3) is 3.85. The Bertz CT molecular complexity index is 355. The summed E-state index contributed by atoms with van der Waals surface area (Å²) in [6, 6.07) is 5.84. The SMILES string of the molecule is CCSCCC(C(=O)O)c1cccc(F)c1. The van der Waals surface area contributed by atoms with Crippen molar-refractivity contribution in [1.82, 2.24) is 0 Å². The van der Waals surface area contributed by atoms with E-state index in [1.54, 1.807) is 23.9 Å². The van der Waals surface area contributed by atoms with Gasteiger partial charge in [-0.15, -0.1) is 0 Å². The van der Waals surface area contributed by atoms with Gasteiger partial charge >= 0.3 is 5.97 Å². The van der Waals surface area contributed by atoms with Gasteiger partial charge in [0.25, 0.3) is 0 Å². The maximum absolute atomic E-state index is 13.0. The average molecular weight is 242 g/mol. The Kier molecular flexibility index (Phi) is 5.32. The Morgan fingerprint density at radius 2 is 2.31 bits per heavy atom. The molecule has 0 aliphatic heterocycles. The largest absolute Gasteiger partial charge is 0.481 e. The van der Waals surface area contributed by atoms with Crippen molar-refractivity contribution in [2.24, 2.45) is 0 Å². The van der Waals surface area contributed by atoms with Crippen LogP contribution in [0.15, 0.2) is 24.3 Å². The summed E-state index contributed by atoms with van der Waals surface area (Å²) in [5.41, 5.74) is 0.546. The predicted octanol–water partition coefficient (Wildman–Crippen LogP) is 3.14. The average Bonchev–Trinajstić information content (AvgIpc) is 2.24. The van der Waals surface area contributed by atoms with E-state index in [2.05, 4.69) is 0 Å². The van der Waals surface area contributed by atoms with E-state index >= 15 is 0 Å². The van der Waals surface area contributed by atoms with Crippen LogP contribution in [0.1, 0.15) is 24.8 Å². The molecule has 0 aliphatic rings. The number of benzene rings is 1. The molecule has 0 saturated carbocycles. The minimum Gasteiger partial charge on any atom is -0.481 e. The second kappa shape index (κ2) is 6.53. The van der Waals surface area contributed by atoms with E-state index in [0.29, 0.717) is 12.0 Å². The Balaban J connectivity index is 2.73. The van der Waals surface area contributed by atoms with E-state index in [9.17, 15) is 9.18 Å². The zero-order valence-corrected chi connectivity index (χ0v) is 9.97. The highest BCUT2D eigenvalue weighted by atomic mass is 32.2. The van der Waals surface area contributed by atoms with Crippen molar-refractivity contribution in [2.45, 2.75) is 19.3 Å². The summed E-state index contributed by atoms with van der Waals surface area (Å²) in [6.07, 6.45) is 0.539. The first-order valence-electron chi connectivity index (χ1n) is 5.21. The monoisotopic (exact) mass is 242 g/mol. The molecule has 1 rings (SSSR count). The molecule has 0 saturated heterocycles. The third-order valence-corrected chi connectivity index (χ3v) is 3.24. The molecule has 1 unspecified atom stereocenters. The van der Waals surface area contributed by atoms with E-state index < -0.39 is 11.9 Å². The lowest BCUT2D eigenvalue weighted by atomic mass is 9.97. The van der Waals surface area contributed by atoms with Crippen LogP contribution in [0, 0.1) is 5.82 Å². The zero-order valence-electron chi connectivity index (χ0n) is 9.15. The fraction of sp³-hybridized carbons (Fsp3) is 0.417. The number of carbonyl (C=O) groups is 1. The van der Waals surface area contributed by atoms with Gasteiger partial charge in [-0.3, -0.25) is 4.79 Å². The van der Waals surface area contributed by atoms with E-state index in [-0.39, 0.29) is 5.82 Å². The third-order valence-electron chi connectivity index (χ3n) is 2.30. The minimum atomic E-state index is -0.887. The number of hydrogen-bond donors (Lipinski definition) is 1. The van der Waals surface area contributed by atoms with Crippen LogP contribution in [0.4, 0.5) is 4.39 Å². The molecule has 1 N–H and O–H groups in total. The molecule has 0 aliphatic carbocycles. The number of rotatable bonds is 6. The molecular formula is C12H15FO2S. The van der Waals surface area contributed by atoms with Gasteiger partial charge in [0.1, 0.15) is 5.82 Å². The van der Waals surface area contributed by atoms with Crippen LogP contribution in [0.3, 0.4) is 0 Å². The van der Waals surface area contributed by atoms with Gasteiger partial charge in [0.2, 0.25) is 0 Å². The standard InChI is InChI=1S/C12H15FO2S/c1-2-16-7-6-11(12(14)15)9-4-3-5-10(13)8-9/h3-5,8,11H,2,6-7H2,1H3,(H,14,15). The summed E-state index contributed by atoms with van der Waals surface area (Å²) in [5.74, 6) is -0.122. The van der Waals surface area contributed by atoms with Gasteiger partial charge in [0.05, 0.1) is 5.92 Å². The van der Waals surface area contributed by atoms with Crippen LogP contribution < -0.4 is 0 Å². The fourth-order valence-electron chi connectivity index (χ4n) is 1.50. The molecule has 1 aromatic carbocycles. The van der Waals surface area contributed by atoms with Crippen molar-refractivity contribution >= 4 is 17.7 Å². The van der Waals surface area contributed by atoms with Crippen LogP contribution in [-0.2, 0) is 4.79 Å². The molecule has 0 spiro atoms. The van der Waals surface area contributed by atoms with Crippen molar-refractivity contribution in [2.75, 3.05) is 11.5 Å². The second-order valence-corrected chi connectivity index (χ2v) is 4.83. The van der Waals surface area contributed by atoms with Gasteiger partial charge in [0, 0.05) is 0 Å². The van der Waals surface area contributed by atoms with Gasteiger partial charge in [-0.2, -0.15) is 11.8 Å². The first-order valence-corrected chi connectivity index (χ1v) is 6.36. The molecule has 16 heavy (non-hydrogen) atoms. The Labute approximate surface area is 98.9 Å². The Hall–Kier alpha value is -1.03. The molecule has 0 fully saturated rings. The summed E-state index contributed by atoms with van der Waals surface area (Å²) < 4.78 is 13.0. The fourth-order valence-corrected chi connectivity index (χ4v) is 2.19. The number of aliphatic carboxylic acids is 1. The zero-order chi connectivity index (χ0) is 12.0. The van der Waals surface area contributed by atoms with Crippen molar-refractivity contribution in [1.29, 1.82) is 0 Å². The Morgan fingerprint density at radius 3 is 2.88 bits per heavy atom. The second-order valence-electron chi connectivity index (χ2n) is 3.43. The summed E-state index contributed by atoms with van der Waals surface area (Å²) in [4.78, 5) is 11.1. The van der Waals surface area contributed by atoms with E-state index in [1.807, 2.05) is 6.92 Å². The highest BCUT2D eigenvalue weighted by molar-refractivity contribution is 7.99. The van der Waals surface area contributed by atoms with Crippen LogP contribution in [-0.4, -0.2) is 22.6 Å². The van der Waals surface area contributed by atoms with Gasteiger partial charge in [-0.25, -0.2) is 4.39 Å².